The van der Waals surface area contributed by atoms with Gasteiger partial charge in [-0.05, 0) is 12.1 Å². The van der Waals surface area contributed by atoms with Crippen molar-refractivity contribution in [3.63, 3.8) is 0 Å². The highest BCUT2D eigenvalue weighted by atomic mass is 35.5. The number of anilines is 1. The number of amides is 3. The molecule has 0 saturated carbocycles. The van der Waals surface area contributed by atoms with Gasteiger partial charge >= 0.3 is 6.03 Å². The Morgan fingerprint density at radius 3 is 2.63 bits per heavy atom. The Balaban J connectivity index is 1.89. The maximum Gasteiger partial charge on any atom is 0.330 e. The molecule has 0 aliphatic carbocycles. The average molecular weight is 294 g/mol. The zero-order valence-electron chi connectivity index (χ0n) is 9.59. The Morgan fingerprint density at radius 2 is 2.00 bits per heavy atom. The summed E-state index contributed by atoms with van der Waals surface area (Å²) in [4.78, 5) is 28.3. The smallest absolute Gasteiger partial charge is 0.276 e. The maximum absolute atomic E-state index is 11.5. The monoisotopic (exact) mass is 293 g/mol. The first-order valence-corrected chi connectivity index (χ1v) is 6.72. The number of halogens is 1. The molecular formula is C12H8ClN3O2S. The maximum atomic E-state index is 11.5. The van der Waals surface area contributed by atoms with Crippen molar-refractivity contribution in [1.29, 1.82) is 0 Å². The van der Waals surface area contributed by atoms with Crippen molar-refractivity contribution in [2.45, 2.75) is 0 Å². The van der Waals surface area contributed by atoms with Crippen LogP contribution in [0.15, 0.2) is 29.6 Å². The van der Waals surface area contributed by atoms with E-state index in [1.165, 1.54) is 16.2 Å². The number of imide groups is 1. The highest BCUT2D eigenvalue weighted by Gasteiger charge is 2.30. The number of thiazole rings is 1. The van der Waals surface area contributed by atoms with Crippen molar-refractivity contribution in [1.82, 2.24) is 10.3 Å². The van der Waals surface area contributed by atoms with E-state index < -0.39 is 6.03 Å². The number of rotatable bonds is 2. The molecule has 0 unspecified atom stereocenters. The fourth-order valence-electron chi connectivity index (χ4n) is 1.74. The molecule has 1 aliphatic rings. The van der Waals surface area contributed by atoms with Gasteiger partial charge in [0.05, 0.1) is 5.69 Å². The van der Waals surface area contributed by atoms with Gasteiger partial charge in [-0.3, -0.25) is 15.0 Å². The summed E-state index contributed by atoms with van der Waals surface area (Å²) >= 11 is 7.15. The first kappa shape index (κ1) is 12.1. The minimum absolute atomic E-state index is 0.0202. The van der Waals surface area contributed by atoms with Crippen molar-refractivity contribution in [3.05, 3.63) is 34.7 Å². The summed E-state index contributed by atoms with van der Waals surface area (Å²) in [5.41, 5.74) is 1.67. The molecule has 1 N–H and O–H groups in total. The number of carbonyl (C=O) groups is 2. The topological polar surface area (TPSA) is 62.3 Å². The molecule has 3 amide bonds. The standard InChI is InChI=1S/C12H8ClN3O2S/c13-8-3-1-7(2-4-8)9-6-19-12(14-9)16-5-10(17)15-11(16)18/h1-4,6H,5H2,(H,15,17,18). The predicted molar refractivity (Wildman–Crippen MR) is 73.4 cm³/mol. The zero-order chi connectivity index (χ0) is 13.4. The van der Waals surface area contributed by atoms with Crippen LogP contribution in [0.1, 0.15) is 0 Å². The second-order valence-electron chi connectivity index (χ2n) is 3.96. The Labute approximate surface area is 117 Å². The summed E-state index contributed by atoms with van der Waals surface area (Å²) in [6.45, 7) is 0.0202. The van der Waals surface area contributed by atoms with Crippen molar-refractivity contribution in [2.75, 3.05) is 11.4 Å². The summed E-state index contributed by atoms with van der Waals surface area (Å²) in [6.07, 6.45) is 0. The average Bonchev–Trinajstić information content (AvgIpc) is 2.97. The molecule has 96 valence electrons. The molecule has 0 atom stereocenters. The van der Waals surface area contributed by atoms with Gasteiger partial charge in [0.25, 0.3) is 0 Å². The highest BCUT2D eigenvalue weighted by Crippen LogP contribution is 2.28. The van der Waals surface area contributed by atoms with Gasteiger partial charge < -0.3 is 0 Å². The highest BCUT2D eigenvalue weighted by molar-refractivity contribution is 7.14. The second kappa shape index (κ2) is 4.64. The molecule has 1 saturated heterocycles. The molecule has 7 heteroatoms. The zero-order valence-corrected chi connectivity index (χ0v) is 11.2. The van der Waals surface area contributed by atoms with E-state index in [9.17, 15) is 9.59 Å². The van der Waals surface area contributed by atoms with Crippen LogP contribution in [0.5, 0.6) is 0 Å². The second-order valence-corrected chi connectivity index (χ2v) is 5.23. The molecule has 1 fully saturated rings. The van der Waals surface area contributed by atoms with Gasteiger partial charge in [0.15, 0.2) is 5.13 Å². The van der Waals surface area contributed by atoms with Crippen LogP contribution in [-0.4, -0.2) is 23.5 Å². The fraction of sp³-hybridized carbons (Fsp3) is 0.0833. The van der Waals surface area contributed by atoms with E-state index in [0.717, 1.165) is 11.3 Å². The van der Waals surface area contributed by atoms with Gasteiger partial charge in [-0.2, -0.15) is 0 Å². The van der Waals surface area contributed by atoms with Gasteiger partial charge in [-0.1, -0.05) is 23.7 Å². The lowest BCUT2D eigenvalue weighted by atomic mass is 10.2. The number of nitrogens with one attached hydrogen (secondary N) is 1. The quantitative estimate of drug-likeness (QED) is 0.866. The van der Waals surface area contributed by atoms with Crippen LogP contribution in [0.2, 0.25) is 5.02 Å². The lowest BCUT2D eigenvalue weighted by molar-refractivity contribution is -0.117. The first-order chi connectivity index (χ1) is 9.13. The minimum atomic E-state index is -0.429. The summed E-state index contributed by atoms with van der Waals surface area (Å²) in [5, 5.41) is 5.22. The van der Waals surface area contributed by atoms with Gasteiger partial charge in [-0.25, -0.2) is 9.78 Å². The van der Waals surface area contributed by atoms with Crippen LogP contribution < -0.4 is 10.2 Å². The van der Waals surface area contributed by atoms with Crippen molar-refractivity contribution in [3.8, 4) is 11.3 Å². The van der Waals surface area contributed by atoms with Gasteiger partial charge in [0.2, 0.25) is 5.91 Å². The van der Waals surface area contributed by atoms with Crippen LogP contribution >= 0.6 is 22.9 Å². The number of nitrogens with zero attached hydrogens (tertiary/aromatic N) is 2. The van der Waals surface area contributed by atoms with E-state index in [-0.39, 0.29) is 12.5 Å². The van der Waals surface area contributed by atoms with Gasteiger partial charge in [0, 0.05) is 16.0 Å². The largest absolute Gasteiger partial charge is 0.330 e. The Morgan fingerprint density at radius 1 is 1.26 bits per heavy atom. The number of carbonyl (C=O) groups excluding carboxylic acids is 2. The third kappa shape index (κ3) is 2.32. The van der Waals surface area contributed by atoms with Crippen LogP contribution in [0.3, 0.4) is 0 Å². The van der Waals surface area contributed by atoms with Crippen molar-refractivity contribution < 1.29 is 9.59 Å². The van der Waals surface area contributed by atoms with E-state index in [0.29, 0.717) is 10.2 Å². The summed E-state index contributed by atoms with van der Waals surface area (Å²) in [6, 6.07) is 6.85. The van der Waals surface area contributed by atoms with Crippen LogP contribution in [-0.2, 0) is 4.79 Å². The SMILES string of the molecule is O=C1CN(c2nc(-c3ccc(Cl)cc3)cs2)C(=O)N1. The summed E-state index contributed by atoms with van der Waals surface area (Å²) in [5.74, 6) is -0.312. The van der Waals surface area contributed by atoms with E-state index >= 15 is 0 Å². The van der Waals surface area contributed by atoms with Gasteiger partial charge in [-0.15, -0.1) is 11.3 Å². The Bertz CT molecular complexity index is 653. The van der Waals surface area contributed by atoms with Crippen molar-refractivity contribution in [2.24, 2.45) is 0 Å². The lowest BCUT2D eigenvalue weighted by Crippen LogP contribution is -2.27. The Hall–Kier alpha value is -1.92. The van der Waals surface area contributed by atoms with Gasteiger partial charge in [0.1, 0.15) is 6.54 Å². The Kier molecular flexibility index (Phi) is 2.96. The summed E-state index contributed by atoms with van der Waals surface area (Å²) < 4.78 is 0. The number of urea groups is 1. The van der Waals surface area contributed by atoms with Crippen molar-refractivity contribution >= 4 is 40.0 Å². The fourth-order valence-corrected chi connectivity index (χ4v) is 2.70. The molecule has 5 nitrogen and oxygen atoms in total. The summed E-state index contributed by atoms with van der Waals surface area (Å²) in [7, 11) is 0. The van der Waals surface area contributed by atoms with Crippen LogP contribution in [0.25, 0.3) is 11.3 Å². The van der Waals surface area contributed by atoms with E-state index in [1.54, 1.807) is 12.1 Å². The third-order valence-electron chi connectivity index (χ3n) is 2.66. The number of hydrogen-bond acceptors (Lipinski definition) is 4. The van der Waals surface area contributed by atoms with E-state index in [2.05, 4.69) is 10.3 Å². The number of hydrogen-bond donors (Lipinski definition) is 1. The molecule has 3 rings (SSSR count). The number of aromatic nitrogens is 1. The molecule has 0 spiro atoms. The van der Waals surface area contributed by atoms with E-state index in [4.69, 9.17) is 11.6 Å². The number of benzene rings is 1. The minimum Gasteiger partial charge on any atom is -0.276 e. The predicted octanol–water partition coefficient (Wildman–Crippen LogP) is 2.52. The van der Waals surface area contributed by atoms with Crippen LogP contribution in [0, 0.1) is 0 Å². The molecule has 0 bridgehead atoms. The first-order valence-electron chi connectivity index (χ1n) is 5.46. The normalized spacial score (nSPS) is 14.9. The molecule has 1 aromatic heterocycles. The third-order valence-corrected chi connectivity index (χ3v) is 3.77. The van der Waals surface area contributed by atoms with E-state index in [1.807, 2.05) is 17.5 Å². The lowest BCUT2D eigenvalue weighted by Gasteiger charge is -2.07. The molecule has 19 heavy (non-hydrogen) atoms. The molecule has 0 radical (unpaired) electrons. The molecule has 1 aromatic carbocycles. The van der Waals surface area contributed by atoms with Crippen LogP contribution in [0.4, 0.5) is 9.93 Å². The molecule has 2 aromatic rings. The molecular weight excluding hydrogens is 286 g/mol. The molecule has 2 heterocycles. The molecule has 1 aliphatic heterocycles.